The van der Waals surface area contributed by atoms with Crippen LogP contribution in [0.2, 0.25) is 0 Å². The van der Waals surface area contributed by atoms with Gasteiger partial charge in [0.25, 0.3) is 11.8 Å². The molecule has 0 bridgehead atoms. The van der Waals surface area contributed by atoms with Gasteiger partial charge >= 0.3 is 0 Å². The number of primary amides is 1. The molecular formula is C21H22N4O4. The summed E-state index contributed by atoms with van der Waals surface area (Å²) in [5.74, 6) is 0.171. The number of aromatic nitrogens is 2. The lowest BCUT2D eigenvalue weighted by molar-refractivity contribution is 0.0995. The molecule has 150 valence electrons. The first-order chi connectivity index (χ1) is 14.0. The molecule has 0 saturated carbocycles. The van der Waals surface area contributed by atoms with E-state index in [9.17, 15) is 9.59 Å². The van der Waals surface area contributed by atoms with E-state index in [-0.39, 0.29) is 23.9 Å². The zero-order valence-electron chi connectivity index (χ0n) is 16.2. The van der Waals surface area contributed by atoms with Crippen LogP contribution in [0.1, 0.15) is 33.3 Å². The first-order valence-corrected chi connectivity index (χ1v) is 9.05. The molecule has 0 spiro atoms. The summed E-state index contributed by atoms with van der Waals surface area (Å²) in [6, 6.07) is 14.4. The molecule has 0 aliphatic heterocycles. The van der Waals surface area contributed by atoms with Crippen molar-refractivity contribution >= 4 is 17.5 Å². The van der Waals surface area contributed by atoms with E-state index in [1.807, 2.05) is 37.3 Å². The van der Waals surface area contributed by atoms with E-state index in [4.69, 9.17) is 15.2 Å². The molecule has 0 radical (unpaired) electrons. The van der Waals surface area contributed by atoms with Gasteiger partial charge in [-0.25, -0.2) is 0 Å². The highest BCUT2D eigenvalue weighted by Gasteiger charge is 2.17. The highest BCUT2D eigenvalue weighted by atomic mass is 16.5. The van der Waals surface area contributed by atoms with Gasteiger partial charge in [0.15, 0.2) is 17.2 Å². The van der Waals surface area contributed by atoms with E-state index in [1.54, 1.807) is 31.5 Å². The number of benzene rings is 2. The highest BCUT2D eigenvalue weighted by molar-refractivity contribution is 6.08. The fourth-order valence-electron chi connectivity index (χ4n) is 2.75. The Morgan fingerprint density at radius 3 is 2.59 bits per heavy atom. The Labute approximate surface area is 168 Å². The number of methoxy groups -OCH3 is 1. The van der Waals surface area contributed by atoms with Crippen molar-refractivity contribution in [1.29, 1.82) is 0 Å². The summed E-state index contributed by atoms with van der Waals surface area (Å²) >= 11 is 0. The molecule has 8 nitrogen and oxygen atoms in total. The molecular weight excluding hydrogens is 372 g/mol. The lowest BCUT2D eigenvalue weighted by Gasteiger charge is -2.11. The molecule has 3 rings (SSSR count). The van der Waals surface area contributed by atoms with E-state index in [2.05, 4.69) is 10.4 Å². The summed E-state index contributed by atoms with van der Waals surface area (Å²) in [5.41, 5.74) is 6.88. The van der Waals surface area contributed by atoms with Crippen molar-refractivity contribution in [3.8, 4) is 11.5 Å². The van der Waals surface area contributed by atoms with Crippen LogP contribution in [0.5, 0.6) is 11.5 Å². The van der Waals surface area contributed by atoms with Gasteiger partial charge in [0.05, 0.1) is 12.8 Å². The van der Waals surface area contributed by atoms with Crippen LogP contribution >= 0.6 is 0 Å². The van der Waals surface area contributed by atoms with Gasteiger partial charge in [0.2, 0.25) is 0 Å². The van der Waals surface area contributed by atoms with E-state index in [0.717, 1.165) is 5.56 Å². The maximum absolute atomic E-state index is 12.7. The molecule has 1 heterocycles. The van der Waals surface area contributed by atoms with Gasteiger partial charge in [-0.15, -0.1) is 0 Å². The van der Waals surface area contributed by atoms with Crippen molar-refractivity contribution in [2.45, 2.75) is 20.1 Å². The van der Waals surface area contributed by atoms with E-state index < -0.39 is 5.91 Å². The van der Waals surface area contributed by atoms with Crippen LogP contribution in [0.3, 0.4) is 0 Å². The van der Waals surface area contributed by atoms with Crippen LogP contribution in [0.15, 0.2) is 54.7 Å². The largest absolute Gasteiger partial charge is 0.493 e. The summed E-state index contributed by atoms with van der Waals surface area (Å²) < 4.78 is 12.6. The number of anilines is 1. The number of nitrogens with two attached hydrogens (primary N) is 1. The van der Waals surface area contributed by atoms with Gasteiger partial charge in [-0.2, -0.15) is 5.10 Å². The fourth-order valence-corrected chi connectivity index (χ4v) is 2.75. The fraction of sp³-hybridized carbons (Fsp3) is 0.190. The van der Waals surface area contributed by atoms with Crippen LogP contribution in [0, 0.1) is 0 Å². The van der Waals surface area contributed by atoms with E-state index in [0.29, 0.717) is 23.6 Å². The van der Waals surface area contributed by atoms with Crippen molar-refractivity contribution in [1.82, 2.24) is 9.78 Å². The number of carbonyl (C=O) groups excluding carboxylic acids is 2. The zero-order chi connectivity index (χ0) is 20.8. The molecule has 0 saturated heterocycles. The highest BCUT2D eigenvalue weighted by Crippen LogP contribution is 2.26. The molecule has 3 N–H and O–H groups in total. The average molecular weight is 394 g/mol. The summed E-state index contributed by atoms with van der Waals surface area (Å²) in [6.07, 6.45) is 1.58. The lowest BCUT2D eigenvalue weighted by atomic mass is 10.1. The predicted molar refractivity (Wildman–Crippen MR) is 108 cm³/mol. The number of nitrogens with zero attached hydrogens (tertiary/aromatic N) is 2. The quantitative estimate of drug-likeness (QED) is 0.611. The summed E-state index contributed by atoms with van der Waals surface area (Å²) in [5, 5.41) is 6.77. The van der Waals surface area contributed by atoms with Crippen molar-refractivity contribution in [2.24, 2.45) is 5.73 Å². The smallest absolute Gasteiger partial charge is 0.271 e. The minimum Gasteiger partial charge on any atom is -0.493 e. The third kappa shape index (κ3) is 4.73. The minimum absolute atomic E-state index is 0.0239. The molecule has 0 atom stereocenters. The molecule has 0 aliphatic carbocycles. The summed E-state index contributed by atoms with van der Waals surface area (Å²) in [6.45, 7) is 2.68. The molecule has 1 aromatic heterocycles. The Morgan fingerprint density at radius 2 is 1.90 bits per heavy atom. The van der Waals surface area contributed by atoms with Gasteiger partial charge in [-0.3, -0.25) is 14.3 Å². The Balaban J connectivity index is 1.73. The van der Waals surface area contributed by atoms with Gasteiger partial charge in [0.1, 0.15) is 6.61 Å². The van der Waals surface area contributed by atoms with Crippen LogP contribution < -0.4 is 20.5 Å². The number of ether oxygens (including phenoxy) is 2. The van der Waals surface area contributed by atoms with E-state index >= 15 is 0 Å². The Morgan fingerprint density at radius 1 is 1.14 bits per heavy atom. The molecule has 0 aliphatic rings. The normalized spacial score (nSPS) is 10.4. The van der Waals surface area contributed by atoms with Gasteiger partial charge in [-0.05, 0) is 36.8 Å². The topological polar surface area (TPSA) is 108 Å². The van der Waals surface area contributed by atoms with Crippen LogP contribution in [-0.2, 0) is 13.2 Å². The Kier molecular flexibility index (Phi) is 6.13. The molecule has 29 heavy (non-hydrogen) atoms. The van der Waals surface area contributed by atoms with Gasteiger partial charge in [-0.1, -0.05) is 24.3 Å². The number of amides is 2. The Hall–Kier alpha value is -3.81. The van der Waals surface area contributed by atoms with Gasteiger partial charge < -0.3 is 20.5 Å². The minimum atomic E-state index is -0.702. The van der Waals surface area contributed by atoms with Crippen LogP contribution in [-0.4, -0.2) is 28.7 Å². The molecule has 0 unspecified atom stereocenters. The number of rotatable bonds is 8. The summed E-state index contributed by atoms with van der Waals surface area (Å²) in [7, 11) is 1.58. The van der Waals surface area contributed by atoms with Crippen molar-refractivity contribution in [3.05, 3.63) is 71.5 Å². The first-order valence-electron chi connectivity index (χ1n) is 9.05. The van der Waals surface area contributed by atoms with Crippen molar-refractivity contribution in [2.75, 3.05) is 12.4 Å². The van der Waals surface area contributed by atoms with Gasteiger partial charge in [0, 0.05) is 18.3 Å². The zero-order valence-corrected chi connectivity index (χ0v) is 16.2. The third-order valence-electron chi connectivity index (χ3n) is 4.22. The SMILES string of the molecule is CCn1cc(NC(=O)c2cccc(COc3ccccc3OC)c2)c(C(N)=O)n1. The van der Waals surface area contributed by atoms with Crippen LogP contribution in [0.4, 0.5) is 5.69 Å². The summed E-state index contributed by atoms with van der Waals surface area (Å²) in [4.78, 5) is 24.2. The third-order valence-corrected chi connectivity index (χ3v) is 4.22. The second-order valence-corrected chi connectivity index (χ2v) is 6.21. The number of aryl methyl sites for hydroxylation is 1. The molecule has 2 aromatic carbocycles. The second kappa shape index (κ2) is 8.92. The van der Waals surface area contributed by atoms with Crippen LogP contribution in [0.25, 0.3) is 0 Å². The maximum atomic E-state index is 12.7. The molecule has 0 fully saturated rings. The molecule has 8 heteroatoms. The number of nitrogens with one attached hydrogen (secondary N) is 1. The molecule has 3 aromatic rings. The monoisotopic (exact) mass is 394 g/mol. The number of hydrogen-bond donors (Lipinski definition) is 2. The Bertz CT molecular complexity index is 1030. The number of para-hydroxylation sites is 2. The van der Waals surface area contributed by atoms with Crippen molar-refractivity contribution in [3.63, 3.8) is 0 Å². The molecule has 2 amide bonds. The number of carbonyl (C=O) groups is 2. The average Bonchev–Trinajstić information content (AvgIpc) is 3.16. The van der Waals surface area contributed by atoms with E-state index in [1.165, 1.54) is 4.68 Å². The van der Waals surface area contributed by atoms with Crippen molar-refractivity contribution < 1.29 is 19.1 Å². The second-order valence-electron chi connectivity index (χ2n) is 6.21. The first kappa shape index (κ1) is 19.9. The number of hydrogen-bond acceptors (Lipinski definition) is 5. The maximum Gasteiger partial charge on any atom is 0.271 e. The standard InChI is InChI=1S/C21H22N4O4/c1-3-25-12-16(19(24-25)20(22)26)23-21(27)15-8-6-7-14(11-15)13-29-18-10-5-4-9-17(18)28-2/h4-12H,3,13H2,1-2H3,(H2,22,26)(H,23,27). The lowest BCUT2D eigenvalue weighted by Crippen LogP contribution is -2.18. The predicted octanol–water partition coefficient (Wildman–Crippen LogP) is 2.84.